The summed E-state index contributed by atoms with van der Waals surface area (Å²) >= 11 is 0. The maximum atomic E-state index is 12.2. The zero-order valence-corrected chi connectivity index (χ0v) is 11.6. The number of aromatic nitrogens is 2. The average Bonchev–Trinajstić information content (AvgIpc) is 2.41. The number of rotatable bonds is 1. The minimum Gasteiger partial charge on any atom is -0.311 e. The Morgan fingerprint density at radius 3 is 3.00 bits per heavy atom. The first-order valence-corrected chi connectivity index (χ1v) is 6.86. The van der Waals surface area contributed by atoms with Gasteiger partial charge in [0.1, 0.15) is 5.82 Å². The van der Waals surface area contributed by atoms with Crippen molar-refractivity contribution in [2.75, 3.05) is 40.3 Å². The summed E-state index contributed by atoms with van der Waals surface area (Å²) < 4.78 is 0. The van der Waals surface area contributed by atoms with E-state index in [0.29, 0.717) is 6.54 Å². The Morgan fingerprint density at radius 1 is 1.32 bits per heavy atom. The molecule has 1 saturated heterocycles. The van der Waals surface area contributed by atoms with E-state index < -0.39 is 0 Å². The van der Waals surface area contributed by atoms with Crippen LogP contribution in [0.1, 0.15) is 23.1 Å². The van der Waals surface area contributed by atoms with Gasteiger partial charge >= 0.3 is 0 Å². The van der Waals surface area contributed by atoms with Crippen LogP contribution < -0.4 is 10.9 Å². The van der Waals surface area contributed by atoms with Crippen molar-refractivity contribution in [2.24, 2.45) is 0 Å². The van der Waals surface area contributed by atoms with Gasteiger partial charge in [0, 0.05) is 31.7 Å². The summed E-state index contributed by atoms with van der Waals surface area (Å²) in [4.78, 5) is 24.4. The Hall–Kier alpha value is -1.24. The third-order valence-electron chi connectivity index (χ3n) is 4.13. The number of likely N-dealkylation sites (N-methyl/N-ethyl adjacent to an activating group) is 2. The smallest absolute Gasteiger partial charge is 0.254 e. The van der Waals surface area contributed by atoms with E-state index in [9.17, 15) is 4.79 Å². The van der Waals surface area contributed by atoms with Gasteiger partial charge in [0.25, 0.3) is 5.56 Å². The molecule has 2 aliphatic heterocycles. The molecule has 19 heavy (non-hydrogen) atoms. The van der Waals surface area contributed by atoms with E-state index in [4.69, 9.17) is 4.98 Å². The summed E-state index contributed by atoms with van der Waals surface area (Å²) in [7, 11) is 4.20. The molecule has 0 aliphatic carbocycles. The van der Waals surface area contributed by atoms with E-state index in [0.717, 1.165) is 49.7 Å². The van der Waals surface area contributed by atoms with Crippen molar-refractivity contribution >= 4 is 0 Å². The van der Waals surface area contributed by atoms with Crippen LogP contribution in [-0.4, -0.2) is 60.0 Å². The third kappa shape index (κ3) is 2.43. The molecule has 6 nitrogen and oxygen atoms in total. The first kappa shape index (κ1) is 12.8. The maximum Gasteiger partial charge on any atom is 0.254 e. The highest BCUT2D eigenvalue weighted by atomic mass is 16.1. The quantitative estimate of drug-likeness (QED) is 0.704. The van der Waals surface area contributed by atoms with Gasteiger partial charge < -0.3 is 15.2 Å². The lowest BCUT2D eigenvalue weighted by atomic mass is 10.1. The molecule has 0 amide bonds. The van der Waals surface area contributed by atoms with Crippen LogP contribution in [0.25, 0.3) is 0 Å². The summed E-state index contributed by atoms with van der Waals surface area (Å²) in [5.41, 5.74) is 1.82. The molecule has 1 atom stereocenters. The molecular formula is C13H21N5O. The van der Waals surface area contributed by atoms with Gasteiger partial charge in [-0.2, -0.15) is 0 Å². The molecule has 0 aromatic carbocycles. The lowest BCUT2D eigenvalue weighted by Crippen LogP contribution is -2.46. The molecule has 1 aromatic rings. The van der Waals surface area contributed by atoms with E-state index in [1.54, 1.807) is 0 Å². The molecule has 6 heteroatoms. The number of hydrogen-bond acceptors (Lipinski definition) is 5. The van der Waals surface area contributed by atoms with Gasteiger partial charge in [0.05, 0.1) is 11.7 Å². The molecule has 3 rings (SSSR count). The first-order valence-electron chi connectivity index (χ1n) is 6.86. The molecule has 0 radical (unpaired) electrons. The van der Waals surface area contributed by atoms with Crippen molar-refractivity contribution in [2.45, 2.75) is 19.0 Å². The van der Waals surface area contributed by atoms with Crippen LogP contribution in [0.3, 0.4) is 0 Å². The predicted octanol–water partition coefficient (Wildman–Crippen LogP) is -0.666. The lowest BCUT2D eigenvalue weighted by Gasteiger charge is -2.37. The monoisotopic (exact) mass is 263 g/mol. The summed E-state index contributed by atoms with van der Waals surface area (Å²) in [5, 5.41) is 3.28. The topological polar surface area (TPSA) is 64.3 Å². The average molecular weight is 263 g/mol. The molecule has 0 saturated carbocycles. The van der Waals surface area contributed by atoms with Gasteiger partial charge in [-0.1, -0.05) is 0 Å². The Labute approximate surface area is 112 Å². The Balaban J connectivity index is 1.96. The van der Waals surface area contributed by atoms with Crippen molar-refractivity contribution in [1.29, 1.82) is 0 Å². The SMILES string of the molecule is CN1CCN(C)C(c2nc3c(c(=O)[nH]2)CCNC3)C1. The zero-order chi connectivity index (χ0) is 13.4. The normalized spacial score (nSPS) is 25.3. The number of H-pyrrole nitrogens is 1. The molecule has 0 spiro atoms. The van der Waals surface area contributed by atoms with Crippen molar-refractivity contribution in [3.05, 3.63) is 27.4 Å². The highest BCUT2D eigenvalue weighted by Crippen LogP contribution is 2.20. The molecule has 1 unspecified atom stereocenters. The summed E-state index contributed by atoms with van der Waals surface area (Å²) in [5.74, 6) is 0.807. The minimum atomic E-state index is 0.0446. The number of aromatic amines is 1. The molecular weight excluding hydrogens is 242 g/mol. The van der Waals surface area contributed by atoms with Gasteiger partial charge in [-0.3, -0.25) is 9.69 Å². The van der Waals surface area contributed by atoms with E-state index in [1.165, 1.54) is 0 Å². The van der Waals surface area contributed by atoms with E-state index in [-0.39, 0.29) is 11.6 Å². The number of fused-ring (bicyclic) bond motifs is 1. The number of piperazine rings is 1. The van der Waals surface area contributed by atoms with E-state index in [1.807, 2.05) is 0 Å². The maximum absolute atomic E-state index is 12.2. The van der Waals surface area contributed by atoms with Crippen molar-refractivity contribution in [3.63, 3.8) is 0 Å². The molecule has 1 aromatic heterocycles. The Kier molecular flexibility index (Phi) is 3.38. The van der Waals surface area contributed by atoms with Crippen LogP contribution in [-0.2, 0) is 13.0 Å². The first-order chi connectivity index (χ1) is 9.15. The molecule has 3 heterocycles. The van der Waals surface area contributed by atoms with Crippen LogP contribution >= 0.6 is 0 Å². The highest BCUT2D eigenvalue weighted by molar-refractivity contribution is 5.21. The Bertz CT molecular complexity index is 526. The second kappa shape index (κ2) is 5.03. The second-order valence-corrected chi connectivity index (χ2v) is 5.56. The zero-order valence-electron chi connectivity index (χ0n) is 11.6. The second-order valence-electron chi connectivity index (χ2n) is 5.56. The number of hydrogen-bond donors (Lipinski definition) is 2. The molecule has 0 bridgehead atoms. The Morgan fingerprint density at radius 2 is 2.16 bits per heavy atom. The molecule has 104 valence electrons. The van der Waals surface area contributed by atoms with Gasteiger partial charge in [-0.25, -0.2) is 4.98 Å². The summed E-state index contributed by atoms with van der Waals surface area (Å²) in [6.07, 6.45) is 0.776. The van der Waals surface area contributed by atoms with Crippen LogP contribution in [0.5, 0.6) is 0 Å². The fourth-order valence-electron chi connectivity index (χ4n) is 2.85. The van der Waals surface area contributed by atoms with E-state index in [2.05, 4.69) is 34.2 Å². The largest absolute Gasteiger partial charge is 0.311 e. The molecule has 1 fully saturated rings. The van der Waals surface area contributed by atoms with Gasteiger partial charge in [0.2, 0.25) is 0 Å². The standard InChI is InChI=1S/C13H21N5O/c1-17-5-6-18(2)11(8-17)12-15-10-7-14-4-3-9(10)13(19)16-12/h11,14H,3-8H2,1-2H3,(H,15,16,19). The van der Waals surface area contributed by atoms with Gasteiger partial charge in [-0.15, -0.1) is 0 Å². The third-order valence-corrected chi connectivity index (χ3v) is 4.13. The van der Waals surface area contributed by atoms with Gasteiger partial charge in [0.15, 0.2) is 0 Å². The number of nitrogens with one attached hydrogen (secondary N) is 2. The van der Waals surface area contributed by atoms with Crippen molar-refractivity contribution in [1.82, 2.24) is 25.1 Å². The molecule has 2 N–H and O–H groups in total. The van der Waals surface area contributed by atoms with Gasteiger partial charge in [-0.05, 0) is 27.1 Å². The highest BCUT2D eigenvalue weighted by Gasteiger charge is 2.27. The van der Waals surface area contributed by atoms with Crippen LogP contribution in [0.15, 0.2) is 4.79 Å². The van der Waals surface area contributed by atoms with Crippen molar-refractivity contribution in [3.8, 4) is 0 Å². The fourth-order valence-corrected chi connectivity index (χ4v) is 2.85. The lowest BCUT2D eigenvalue weighted by molar-refractivity contribution is 0.109. The fraction of sp³-hybridized carbons (Fsp3) is 0.692. The summed E-state index contributed by atoms with van der Waals surface area (Å²) in [6.45, 7) is 4.54. The predicted molar refractivity (Wildman–Crippen MR) is 73.1 cm³/mol. The minimum absolute atomic E-state index is 0.0446. The van der Waals surface area contributed by atoms with Crippen LogP contribution in [0.2, 0.25) is 0 Å². The summed E-state index contributed by atoms with van der Waals surface area (Å²) in [6, 6.07) is 0.179. The molecule has 2 aliphatic rings. The van der Waals surface area contributed by atoms with E-state index >= 15 is 0 Å². The van der Waals surface area contributed by atoms with Crippen LogP contribution in [0.4, 0.5) is 0 Å². The number of nitrogens with zero attached hydrogens (tertiary/aromatic N) is 3. The van der Waals surface area contributed by atoms with Crippen molar-refractivity contribution < 1.29 is 0 Å². The van der Waals surface area contributed by atoms with Crippen LogP contribution in [0, 0.1) is 0 Å².